The van der Waals surface area contributed by atoms with E-state index in [2.05, 4.69) is 5.32 Å². The lowest BCUT2D eigenvalue weighted by Gasteiger charge is -2.35. The summed E-state index contributed by atoms with van der Waals surface area (Å²) in [5.41, 5.74) is -0.640. The molecule has 0 bridgehead atoms. The molecule has 1 fully saturated rings. The summed E-state index contributed by atoms with van der Waals surface area (Å²) in [6, 6.07) is -0.686. The summed E-state index contributed by atoms with van der Waals surface area (Å²) < 4.78 is 54.4. The number of benzene rings is 1. The van der Waals surface area contributed by atoms with Crippen molar-refractivity contribution in [1.29, 1.82) is 0 Å². The zero-order valence-corrected chi connectivity index (χ0v) is 12.0. The Kier molecular flexibility index (Phi) is 6.86. The third-order valence-electron chi connectivity index (χ3n) is 3.47. The number of rotatable bonds is 4. The maximum Gasteiger partial charge on any atom is 0.166 e. The van der Waals surface area contributed by atoms with Gasteiger partial charge in [0.1, 0.15) is 0 Å². The molecule has 1 atom stereocenters. The minimum atomic E-state index is -1.42. The molecule has 120 valence electrons. The van der Waals surface area contributed by atoms with Crippen LogP contribution in [0.5, 0.6) is 0 Å². The molecule has 21 heavy (non-hydrogen) atoms. The second-order valence-corrected chi connectivity index (χ2v) is 4.70. The molecule has 0 aliphatic carbocycles. The topological polar surface area (TPSA) is 35.5 Å². The van der Waals surface area contributed by atoms with Crippen molar-refractivity contribution < 1.29 is 22.7 Å². The molecule has 1 saturated heterocycles. The molecule has 1 aromatic rings. The highest BCUT2D eigenvalue weighted by molar-refractivity contribution is 5.85. The van der Waals surface area contributed by atoms with Crippen molar-refractivity contribution in [3.05, 3.63) is 34.9 Å². The second kappa shape index (κ2) is 7.93. The molecule has 0 aromatic heterocycles. The van der Waals surface area contributed by atoms with Gasteiger partial charge in [-0.25, -0.2) is 17.6 Å². The first-order chi connectivity index (χ1) is 9.56. The number of aliphatic hydroxyl groups excluding tert-OH is 1. The minimum absolute atomic E-state index is 0. The van der Waals surface area contributed by atoms with Crippen molar-refractivity contribution in [2.24, 2.45) is 0 Å². The normalized spacial score (nSPS) is 17.4. The molecule has 1 aliphatic rings. The zero-order valence-electron chi connectivity index (χ0n) is 11.2. The van der Waals surface area contributed by atoms with Gasteiger partial charge in [-0.3, -0.25) is 4.90 Å². The Balaban J connectivity index is 0.00000220. The average Bonchev–Trinajstić information content (AvgIpc) is 2.45. The largest absolute Gasteiger partial charge is 0.396 e. The van der Waals surface area contributed by atoms with Gasteiger partial charge in [0.25, 0.3) is 0 Å². The molecular weight excluding hydrogens is 312 g/mol. The fourth-order valence-electron chi connectivity index (χ4n) is 2.51. The van der Waals surface area contributed by atoms with E-state index in [4.69, 9.17) is 5.11 Å². The number of hydrogen-bond donors (Lipinski definition) is 2. The van der Waals surface area contributed by atoms with E-state index in [1.807, 2.05) is 0 Å². The highest BCUT2D eigenvalue weighted by Crippen LogP contribution is 2.31. The fourth-order valence-corrected chi connectivity index (χ4v) is 2.51. The maximum absolute atomic E-state index is 13.9. The van der Waals surface area contributed by atoms with Gasteiger partial charge in [-0.15, -0.1) is 12.4 Å². The van der Waals surface area contributed by atoms with E-state index >= 15 is 0 Å². The Bertz CT molecular complexity index is 457. The Morgan fingerprint density at radius 2 is 1.62 bits per heavy atom. The van der Waals surface area contributed by atoms with Crippen LogP contribution in [0.15, 0.2) is 6.07 Å². The van der Waals surface area contributed by atoms with Crippen molar-refractivity contribution >= 4 is 12.4 Å². The minimum Gasteiger partial charge on any atom is -0.396 e. The number of halogens is 5. The van der Waals surface area contributed by atoms with E-state index < -0.39 is 34.9 Å². The Morgan fingerprint density at radius 1 is 1.10 bits per heavy atom. The predicted molar refractivity (Wildman–Crippen MR) is 72.4 cm³/mol. The van der Waals surface area contributed by atoms with E-state index in [1.54, 1.807) is 4.90 Å². The van der Waals surface area contributed by atoms with E-state index in [0.29, 0.717) is 26.2 Å². The van der Waals surface area contributed by atoms with Crippen LogP contribution in [-0.2, 0) is 0 Å². The Hall–Kier alpha value is -0.890. The first-order valence-electron chi connectivity index (χ1n) is 6.44. The smallest absolute Gasteiger partial charge is 0.166 e. The van der Waals surface area contributed by atoms with Crippen LogP contribution in [-0.4, -0.2) is 42.8 Å². The van der Waals surface area contributed by atoms with Gasteiger partial charge >= 0.3 is 0 Å². The highest BCUT2D eigenvalue weighted by Gasteiger charge is 2.30. The van der Waals surface area contributed by atoms with E-state index in [0.717, 1.165) is 0 Å². The summed E-state index contributed by atoms with van der Waals surface area (Å²) >= 11 is 0. The summed E-state index contributed by atoms with van der Waals surface area (Å²) in [7, 11) is 0. The van der Waals surface area contributed by atoms with E-state index in [1.165, 1.54) is 0 Å². The third kappa shape index (κ3) is 3.85. The van der Waals surface area contributed by atoms with Gasteiger partial charge in [-0.05, 0) is 6.42 Å². The van der Waals surface area contributed by atoms with Crippen LogP contribution in [0.4, 0.5) is 17.6 Å². The molecule has 0 radical (unpaired) electrons. The number of piperazine rings is 1. The van der Waals surface area contributed by atoms with Crippen molar-refractivity contribution in [3.63, 3.8) is 0 Å². The van der Waals surface area contributed by atoms with Crippen LogP contribution in [0.3, 0.4) is 0 Å². The molecule has 1 aromatic carbocycles. The maximum atomic E-state index is 13.9. The third-order valence-corrected chi connectivity index (χ3v) is 3.47. The molecule has 2 rings (SSSR count). The van der Waals surface area contributed by atoms with Gasteiger partial charge in [-0.1, -0.05) is 0 Å². The summed E-state index contributed by atoms with van der Waals surface area (Å²) in [6.07, 6.45) is 0.0106. The lowest BCUT2D eigenvalue weighted by Crippen LogP contribution is -2.45. The van der Waals surface area contributed by atoms with Crippen molar-refractivity contribution in [1.82, 2.24) is 10.2 Å². The van der Waals surface area contributed by atoms with Crippen molar-refractivity contribution in [2.45, 2.75) is 12.5 Å². The quantitative estimate of drug-likeness (QED) is 0.655. The number of nitrogens with one attached hydrogen (secondary N) is 1. The average molecular weight is 329 g/mol. The Labute approximate surface area is 126 Å². The van der Waals surface area contributed by atoms with Crippen LogP contribution < -0.4 is 5.32 Å². The molecule has 8 heteroatoms. The number of hydrogen-bond acceptors (Lipinski definition) is 3. The molecule has 0 saturated carbocycles. The molecule has 0 amide bonds. The molecule has 1 aliphatic heterocycles. The van der Waals surface area contributed by atoms with Crippen LogP contribution in [0.1, 0.15) is 18.0 Å². The molecule has 3 nitrogen and oxygen atoms in total. The van der Waals surface area contributed by atoms with E-state index in [9.17, 15) is 17.6 Å². The van der Waals surface area contributed by atoms with Crippen molar-refractivity contribution in [3.8, 4) is 0 Å². The first kappa shape index (κ1) is 18.2. The van der Waals surface area contributed by atoms with Gasteiger partial charge in [0, 0.05) is 50.5 Å². The Morgan fingerprint density at radius 3 is 2.10 bits per heavy atom. The van der Waals surface area contributed by atoms with Crippen LogP contribution in [0.2, 0.25) is 0 Å². The molecule has 0 spiro atoms. The number of nitrogens with zero attached hydrogens (tertiary/aromatic N) is 1. The van der Waals surface area contributed by atoms with Crippen LogP contribution in [0.25, 0.3) is 0 Å². The second-order valence-electron chi connectivity index (χ2n) is 4.70. The standard InChI is InChI=1S/C13H16F4N2O.ClH/c14-8-7-9(15)13(17)11(12(8)16)10(1-6-20)19-4-2-18-3-5-19;/h7,10,18,20H,1-6H2;1H/t10-;/m0./s1. The van der Waals surface area contributed by atoms with Gasteiger partial charge < -0.3 is 10.4 Å². The van der Waals surface area contributed by atoms with Gasteiger partial charge in [0.15, 0.2) is 23.3 Å². The van der Waals surface area contributed by atoms with Gasteiger partial charge in [-0.2, -0.15) is 0 Å². The lowest BCUT2D eigenvalue weighted by molar-refractivity contribution is 0.134. The first-order valence-corrected chi connectivity index (χ1v) is 6.44. The van der Waals surface area contributed by atoms with Crippen LogP contribution >= 0.6 is 12.4 Å². The molecule has 1 heterocycles. The monoisotopic (exact) mass is 328 g/mol. The summed E-state index contributed by atoms with van der Waals surface area (Å²) in [5.74, 6) is -5.62. The van der Waals surface area contributed by atoms with Gasteiger partial charge in [0.2, 0.25) is 0 Å². The van der Waals surface area contributed by atoms with E-state index in [-0.39, 0.29) is 31.5 Å². The van der Waals surface area contributed by atoms with Crippen LogP contribution in [0, 0.1) is 23.3 Å². The lowest BCUT2D eigenvalue weighted by atomic mass is 9.99. The zero-order chi connectivity index (χ0) is 14.7. The summed E-state index contributed by atoms with van der Waals surface area (Å²) in [4.78, 5) is 1.72. The molecule has 0 unspecified atom stereocenters. The predicted octanol–water partition coefficient (Wildman–Crippen LogP) is 1.99. The van der Waals surface area contributed by atoms with Gasteiger partial charge in [0.05, 0.1) is 0 Å². The number of aliphatic hydroxyl groups is 1. The SMILES string of the molecule is Cl.OCC[C@@H](c1c(F)c(F)cc(F)c1F)N1CCNCC1. The highest BCUT2D eigenvalue weighted by atomic mass is 35.5. The molecule has 2 N–H and O–H groups in total. The summed E-state index contributed by atoms with van der Waals surface area (Å²) in [5, 5.41) is 12.1. The fraction of sp³-hybridized carbons (Fsp3) is 0.538. The summed E-state index contributed by atoms with van der Waals surface area (Å²) in [6.45, 7) is 1.88. The molecular formula is C13H17ClF4N2O. The van der Waals surface area contributed by atoms with Crippen molar-refractivity contribution in [2.75, 3.05) is 32.8 Å².